The van der Waals surface area contributed by atoms with Gasteiger partial charge in [-0.1, -0.05) is 18.2 Å². The molecule has 0 saturated carbocycles. The maximum Gasteiger partial charge on any atom is 0.142 e. The molecule has 8 heteroatoms. The zero-order valence-electron chi connectivity index (χ0n) is 17.7. The molecule has 164 valence electrons. The van der Waals surface area contributed by atoms with Gasteiger partial charge in [0.05, 0.1) is 21.1 Å². The number of halogens is 1. The summed E-state index contributed by atoms with van der Waals surface area (Å²) in [5.74, 6) is 0.608. The van der Waals surface area contributed by atoms with E-state index in [0.717, 1.165) is 58.9 Å². The quantitative estimate of drug-likeness (QED) is 0.317. The van der Waals surface area contributed by atoms with Gasteiger partial charge in [0.15, 0.2) is 0 Å². The van der Waals surface area contributed by atoms with Gasteiger partial charge in [0.1, 0.15) is 22.8 Å². The highest BCUT2D eigenvalue weighted by Crippen LogP contribution is 2.35. The van der Waals surface area contributed by atoms with E-state index in [1.807, 2.05) is 23.7 Å². The van der Waals surface area contributed by atoms with Crippen LogP contribution in [-0.4, -0.2) is 32.9 Å². The highest BCUT2D eigenvalue weighted by Gasteiger charge is 2.18. The van der Waals surface area contributed by atoms with E-state index in [4.69, 9.17) is 0 Å². The Morgan fingerprint density at radius 2 is 1.94 bits per heavy atom. The maximum absolute atomic E-state index is 13.2. The highest BCUT2D eigenvalue weighted by atomic mass is 32.1. The molecule has 0 spiro atoms. The average molecular weight is 474 g/mol. The van der Waals surface area contributed by atoms with Crippen molar-refractivity contribution < 1.29 is 4.39 Å². The van der Waals surface area contributed by atoms with Gasteiger partial charge in [0.25, 0.3) is 0 Å². The first-order valence-electron chi connectivity index (χ1n) is 10.7. The topological polar surface area (TPSA) is 53.9 Å². The second-order valence-electron chi connectivity index (χ2n) is 8.07. The first-order chi connectivity index (χ1) is 16.2. The van der Waals surface area contributed by atoms with E-state index in [9.17, 15) is 4.39 Å². The summed E-state index contributed by atoms with van der Waals surface area (Å²) >= 11 is 3.33. The fraction of sp³-hybridized carbons (Fsp3) is 0.160. The smallest absolute Gasteiger partial charge is 0.142 e. The Balaban J connectivity index is 1.24. The summed E-state index contributed by atoms with van der Waals surface area (Å²) in [6.45, 7) is 2.67. The average Bonchev–Trinajstić information content (AvgIpc) is 3.48. The minimum atomic E-state index is -0.194. The standard InChI is InChI=1S/C25H20FN5S2/c26-18-5-3-16(4-6-18)12-31-9-1-2-17(13-31)23-11-20-24(27-14-28-25(20)33-23)30-19-7-8-22-21(10-19)29-15-32-22/h2-8,10-11,14-15H,1,9,12-13H2,(H,27,28,30). The van der Waals surface area contributed by atoms with Crippen LogP contribution < -0.4 is 5.32 Å². The second kappa shape index (κ2) is 8.62. The number of thiophene rings is 1. The molecular weight excluding hydrogens is 453 g/mol. The van der Waals surface area contributed by atoms with Crippen LogP contribution in [0.3, 0.4) is 0 Å². The molecule has 0 radical (unpaired) electrons. The first kappa shape index (κ1) is 20.4. The van der Waals surface area contributed by atoms with Crippen LogP contribution in [0, 0.1) is 5.82 Å². The van der Waals surface area contributed by atoms with E-state index in [1.54, 1.807) is 29.0 Å². The Morgan fingerprint density at radius 3 is 2.85 bits per heavy atom. The number of anilines is 2. The zero-order valence-corrected chi connectivity index (χ0v) is 19.3. The van der Waals surface area contributed by atoms with Crippen molar-refractivity contribution in [1.82, 2.24) is 19.9 Å². The molecule has 0 fully saturated rings. The van der Waals surface area contributed by atoms with Gasteiger partial charge in [0.2, 0.25) is 0 Å². The SMILES string of the molecule is Fc1ccc(CN2CCC=C(c3cc4c(Nc5ccc6scnc6c5)ncnc4s3)C2)cc1. The number of hydrogen-bond acceptors (Lipinski definition) is 7. The molecule has 33 heavy (non-hydrogen) atoms. The van der Waals surface area contributed by atoms with Crippen molar-refractivity contribution in [2.45, 2.75) is 13.0 Å². The van der Waals surface area contributed by atoms with Gasteiger partial charge < -0.3 is 5.32 Å². The summed E-state index contributed by atoms with van der Waals surface area (Å²) in [7, 11) is 0. The lowest BCUT2D eigenvalue weighted by Crippen LogP contribution is -2.28. The molecule has 3 aromatic heterocycles. The molecule has 1 aliphatic rings. The number of nitrogens with zero attached hydrogens (tertiary/aromatic N) is 4. The molecule has 2 aromatic carbocycles. The maximum atomic E-state index is 13.2. The van der Waals surface area contributed by atoms with Gasteiger partial charge in [-0.25, -0.2) is 19.3 Å². The summed E-state index contributed by atoms with van der Waals surface area (Å²) in [4.78, 5) is 18.0. The highest BCUT2D eigenvalue weighted by molar-refractivity contribution is 7.19. The van der Waals surface area contributed by atoms with E-state index >= 15 is 0 Å². The molecule has 0 saturated heterocycles. The molecule has 1 N–H and O–H groups in total. The number of rotatable bonds is 5. The lowest BCUT2D eigenvalue weighted by atomic mass is 10.1. The van der Waals surface area contributed by atoms with Crippen molar-refractivity contribution in [1.29, 1.82) is 0 Å². The van der Waals surface area contributed by atoms with Crippen LogP contribution >= 0.6 is 22.7 Å². The molecule has 6 rings (SSSR count). The van der Waals surface area contributed by atoms with Crippen molar-refractivity contribution in [2.75, 3.05) is 18.4 Å². The van der Waals surface area contributed by atoms with Gasteiger partial charge in [-0.2, -0.15) is 0 Å². The Kier molecular flexibility index (Phi) is 5.33. The van der Waals surface area contributed by atoms with E-state index in [2.05, 4.69) is 49.4 Å². The van der Waals surface area contributed by atoms with Crippen LogP contribution in [0.1, 0.15) is 16.9 Å². The molecule has 1 aliphatic heterocycles. The fourth-order valence-electron chi connectivity index (χ4n) is 4.15. The molecular formula is C25H20FN5S2. The minimum absolute atomic E-state index is 0.194. The van der Waals surface area contributed by atoms with E-state index < -0.39 is 0 Å². The lowest BCUT2D eigenvalue weighted by molar-refractivity contribution is 0.296. The van der Waals surface area contributed by atoms with Crippen molar-refractivity contribution in [3.8, 4) is 0 Å². The van der Waals surface area contributed by atoms with Gasteiger partial charge in [0, 0.05) is 30.2 Å². The largest absolute Gasteiger partial charge is 0.340 e. The molecule has 0 unspecified atom stereocenters. The minimum Gasteiger partial charge on any atom is -0.340 e. The molecule has 0 bridgehead atoms. The summed E-state index contributed by atoms with van der Waals surface area (Å²) in [5, 5.41) is 4.47. The van der Waals surface area contributed by atoms with Crippen LogP contribution in [0.5, 0.6) is 0 Å². The van der Waals surface area contributed by atoms with Crippen molar-refractivity contribution in [3.63, 3.8) is 0 Å². The summed E-state index contributed by atoms with van der Waals surface area (Å²) < 4.78 is 14.4. The van der Waals surface area contributed by atoms with Crippen LogP contribution in [0.4, 0.5) is 15.9 Å². The molecule has 5 aromatic rings. The molecule has 4 heterocycles. The molecule has 5 nitrogen and oxygen atoms in total. The summed E-state index contributed by atoms with van der Waals surface area (Å²) in [6, 6.07) is 15.2. The van der Waals surface area contributed by atoms with Gasteiger partial charge >= 0.3 is 0 Å². The normalized spacial score (nSPS) is 14.6. The van der Waals surface area contributed by atoms with Crippen LogP contribution in [0.2, 0.25) is 0 Å². The number of hydrogen-bond donors (Lipinski definition) is 1. The third kappa shape index (κ3) is 4.25. The Morgan fingerprint density at radius 1 is 1.03 bits per heavy atom. The van der Waals surface area contributed by atoms with Crippen molar-refractivity contribution in [2.24, 2.45) is 0 Å². The van der Waals surface area contributed by atoms with Crippen molar-refractivity contribution >= 4 is 60.2 Å². The first-order valence-corrected chi connectivity index (χ1v) is 12.4. The number of nitrogens with one attached hydrogen (secondary N) is 1. The van der Waals surface area contributed by atoms with Gasteiger partial charge in [-0.3, -0.25) is 4.90 Å². The molecule has 0 atom stereocenters. The lowest BCUT2D eigenvalue weighted by Gasteiger charge is -2.27. The van der Waals surface area contributed by atoms with Gasteiger partial charge in [-0.05, 0) is 54.0 Å². The molecule has 0 amide bonds. The van der Waals surface area contributed by atoms with Crippen LogP contribution in [0.25, 0.3) is 26.0 Å². The van der Waals surface area contributed by atoms with Gasteiger partial charge in [-0.15, -0.1) is 22.7 Å². The number of thiazole rings is 1. The summed E-state index contributed by atoms with van der Waals surface area (Å²) in [5.41, 5.74) is 6.24. The van der Waals surface area contributed by atoms with Crippen molar-refractivity contribution in [3.05, 3.63) is 82.7 Å². The third-order valence-electron chi connectivity index (χ3n) is 5.79. The number of benzene rings is 2. The Labute approximate surface area is 198 Å². The predicted octanol–water partition coefficient (Wildman–Crippen LogP) is 6.47. The number of fused-ring (bicyclic) bond motifs is 2. The third-order valence-corrected chi connectivity index (χ3v) is 7.72. The molecule has 0 aliphatic carbocycles. The monoisotopic (exact) mass is 473 g/mol. The van der Waals surface area contributed by atoms with E-state index in [0.29, 0.717) is 0 Å². The Hall–Kier alpha value is -3.20. The Bertz CT molecular complexity index is 1470. The summed E-state index contributed by atoms with van der Waals surface area (Å²) in [6.07, 6.45) is 4.93. The number of aromatic nitrogens is 3. The van der Waals surface area contributed by atoms with E-state index in [1.165, 1.54) is 27.3 Å². The second-order valence-corrected chi connectivity index (χ2v) is 9.98. The predicted molar refractivity (Wildman–Crippen MR) is 135 cm³/mol. The fourth-order valence-corrected chi connectivity index (χ4v) is 5.84. The van der Waals surface area contributed by atoms with E-state index in [-0.39, 0.29) is 5.82 Å². The van der Waals surface area contributed by atoms with Crippen LogP contribution in [0.15, 0.2) is 66.4 Å². The zero-order chi connectivity index (χ0) is 22.2. The van der Waals surface area contributed by atoms with Crippen LogP contribution in [-0.2, 0) is 6.54 Å².